The highest BCUT2D eigenvalue weighted by Crippen LogP contribution is 2.32. The molecule has 2 N–H and O–H groups in total. The molecule has 120 valence electrons. The molecule has 0 aliphatic carbocycles. The first-order chi connectivity index (χ1) is 11.1. The Kier molecular flexibility index (Phi) is 3.34. The van der Waals surface area contributed by atoms with Crippen LogP contribution in [0.1, 0.15) is 28.0 Å². The Morgan fingerprint density at radius 1 is 1.43 bits per heavy atom. The van der Waals surface area contributed by atoms with Crippen LogP contribution in [0.15, 0.2) is 30.6 Å². The number of aliphatic hydroxyl groups excluding tert-OH is 1. The summed E-state index contributed by atoms with van der Waals surface area (Å²) in [7, 11) is 0. The first kappa shape index (κ1) is 14.3. The molecule has 4 heterocycles. The lowest BCUT2D eigenvalue weighted by Gasteiger charge is -2.26. The highest BCUT2D eigenvalue weighted by Gasteiger charge is 2.37. The van der Waals surface area contributed by atoms with Crippen molar-refractivity contribution < 1.29 is 9.90 Å². The second-order valence-electron chi connectivity index (χ2n) is 6.44. The number of hydrogen-bond acceptors (Lipinski definition) is 4. The summed E-state index contributed by atoms with van der Waals surface area (Å²) in [5, 5.41) is 10.0. The molecule has 2 atom stereocenters. The summed E-state index contributed by atoms with van der Waals surface area (Å²) in [6, 6.07) is 5.90. The third-order valence-electron chi connectivity index (χ3n) is 4.69. The third-order valence-corrected chi connectivity index (χ3v) is 4.69. The van der Waals surface area contributed by atoms with Gasteiger partial charge in [0.15, 0.2) is 0 Å². The zero-order chi connectivity index (χ0) is 16.0. The number of nitrogens with zero attached hydrogens (tertiary/aromatic N) is 3. The number of hydrogen-bond donors (Lipinski definition) is 2. The van der Waals surface area contributed by atoms with Crippen molar-refractivity contribution in [1.82, 2.24) is 14.9 Å². The van der Waals surface area contributed by atoms with E-state index in [1.165, 1.54) is 0 Å². The van der Waals surface area contributed by atoms with Crippen LogP contribution in [-0.2, 0) is 6.54 Å². The largest absolute Gasteiger partial charge is 0.391 e. The number of aliphatic hydroxyl groups is 1. The van der Waals surface area contributed by atoms with Gasteiger partial charge in [-0.1, -0.05) is 6.07 Å². The van der Waals surface area contributed by atoms with Crippen molar-refractivity contribution in [3.05, 3.63) is 47.4 Å². The Hall–Kier alpha value is -2.34. The molecule has 0 spiro atoms. The number of carbonyl (C=O) groups is 1. The highest BCUT2D eigenvalue weighted by atomic mass is 16.3. The van der Waals surface area contributed by atoms with Gasteiger partial charge in [-0.05, 0) is 25.5 Å². The minimum absolute atomic E-state index is 0.0207. The molecule has 0 aromatic carbocycles. The quantitative estimate of drug-likeness (QED) is 0.833. The van der Waals surface area contributed by atoms with Gasteiger partial charge < -0.3 is 19.9 Å². The second kappa shape index (κ2) is 5.38. The Morgan fingerprint density at radius 2 is 2.30 bits per heavy atom. The minimum atomic E-state index is -0.362. The van der Waals surface area contributed by atoms with Crippen molar-refractivity contribution in [2.75, 3.05) is 18.0 Å². The van der Waals surface area contributed by atoms with Gasteiger partial charge in [-0.3, -0.25) is 4.79 Å². The van der Waals surface area contributed by atoms with Crippen LogP contribution in [0.25, 0.3) is 0 Å². The van der Waals surface area contributed by atoms with Crippen LogP contribution in [-0.4, -0.2) is 51.1 Å². The van der Waals surface area contributed by atoms with E-state index < -0.39 is 0 Å². The summed E-state index contributed by atoms with van der Waals surface area (Å²) >= 11 is 0. The van der Waals surface area contributed by atoms with Gasteiger partial charge in [0.25, 0.3) is 5.91 Å². The summed E-state index contributed by atoms with van der Waals surface area (Å²) in [6.45, 7) is 3.68. The van der Waals surface area contributed by atoms with Gasteiger partial charge in [0.2, 0.25) is 0 Å². The fourth-order valence-corrected chi connectivity index (χ4v) is 3.63. The molecular formula is C17H20N4O2. The Balaban J connectivity index is 1.69. The van der Waals surface area contributed by atoms with E-state index in [4.69, 9.17) is 0 Å². The predicted molar refractivity (Wildman–Crippen MR) is 86.3 cm³/mol. The third kappa shape index (κ3) is 2.49. The van der Waals surface area contributed by atoms with Crippen molar-refractivity contribution in [3.63, 3.8) is 0 Å². The molecule has 2 aliphatic rings. The van der Waals surface area contributed by atoms with Crippen molar-refractivity contribution in [2.24, 2.45) is 0 Å². The standard InChI is InChI=1S/C17H20N4O2/c1-11-5-13(7-19-11)17(23)20-8-12-3-2-4-18-16(12)21-10-15(22)6-14(21)9-20/h2-5,7,14-15,19,22H,6,8-10H2,1H3/t14-,15+/m0/s1. The van der Waals surface area contributed by atoms with E-state index in [0.717, 1.165) is 17.1 Å². The van der Waals surface area contributed by atoms with Crippen LogP contribution in [0, 0.1) is 6.92 Å². The fourth-order valence-electron chi connectivity index (χ4n) is 3.63. The number of fused-ring (bicyclic) bond motifs is 3. The summed E-state index contributed by atoms with van der Waals surface area (Å²) < 4.78 is 0. The molecule has 1 amide bonds. The van der Waals surface area contributed by atoms with Crippen molar-refractivity contribution in [1.29, 1.82) is 0 Å². The lowest BCUT2D eigenvalue weighted by Crippen LogP contribution is -2.40. The molecular weight excluding hydrogens is 292 g/mol. The molecule has 0 bridgehead atoms. The normalized spacial score (nSPS) is 23.4. The van der Waals surface area contributed by atoms with Gasteiger partial charge in [-0.15, -0.1) is 0 Å². The molecule has 0 unspecified atom stereocenters. The first-order valence-corrected chi connectivity index (χ1v) is 7.94. The number of carbonyl (C=O) groups excluding carboxylic acids is 1. The number of aromatic nitrogens is 2. The number of pyridine rings is 1. The maximum Gasteiger partial charge on any atom is 0.255 e. The van der Waals surface area contributed by atoms with Gasteiger partial charge >= 0.3 is 0 Å². The molecule has 1 saturated heterocycles. The Morgan fingerprint density at radius 3 is 3.09 bits per heavy atom. The van der Waals surface area contributed by atoms with E-state index >= 15 is 0 Å². The lowest BCUT2D eigenvalue weighted by atomic mass is 10.1. The average molecular weight is 312 g/mol. The van der Waals surface area contributed by atoms with E-state index in [1.54, 1.807) is 12.4 Å². The van der Waals surface area contributed by atoms with Gasteiger partial charge in [-0.2, -0.15) is 0 Å². The summed E-state index contributed by atoms with van der Waals surface area (Å²) in [6.07, 6.45) is 3.84. The second-order valence-corrected chi connectivity index (χ2v) is 6.44. The monoisotopic (exact) mass is 312 g/mol. The SMILES string of the molecule is Cc1cc(C(=O)N2Cc3cccnc3N3C[C@H](O)C[C@H]3C2)c[nH]1. The van der Waals surface area contributed by atoms with Gasteiger partial charge in [0.1, 0.15) is 5.82 Å². The van der Waals surface area contributed by atoms with Crippen LogP contribution < -0.4 is 4.90 Å². The number of aryl methyl sites for hydroxylation is 1. The summed E-state index contributed by atoms with van der Waals surface area (Å²) in [5.41, 5.74) is 2.69. The van der Waals surface area contributed by atoms with Crippen molar-refractivity contribution in [3.8, 4) is 0 Å². The van der Waals surface area contributed by atoms with Crippen molar-refractivity contribution >= 4 is 11.7 Å². The van der Waals surface area contributed by atoms with E-state index in [2.05, 4.69) is 14.9 Å². The Bertz CT molecular complexity index is 742. The number of rotatable bonds is 1. The van der Waals surface area contributed by atoms with Crippen LogP contribution in [0.3, 0.4) is 0 Å². The first-order valence-electron chi connectivity index (χ1n) is 7.94. The van der Waals surface area contributed by atoms with Crippen LogP contribution in [0.5, 0.6) is 0 Å². The molecule has 4 rings (SSSR count). The van der Waals surface area contributed by atoms with E-state index in [9.17, 15) is 9.90 Å². The molecule has 0 saturated carbocycles. The summed E-state index contributed by atoms with van der Waals surface area (Å²) in [4.78, 5) is 24.4. The molecule has 2 aromatic heterocycles. The van der Waals surface area contributed by atoms with Gasteiger partial charge in [-0.25, -0.2) is 4.98 Å². The molecule has 1 fully saturated rings. The number of H-pyrrole nitrogens is 1. The van der Waals surface area contributed by atoms with Crippen LogP contribution in [0.2, 0.25) is 0 Å². The molecule has 0 radical (unpaired) electrons. The van der Waals surface area contributed by atoms with Gasteiger partial charge in [0.05, 0.1) is 17.7 Å². The minimum Gasteiger partial charge on any atom is -0.391 e. The zero-order valence-corrected chi connectivity index (χ0v) is 13.1. The van der Waals surface area contributed by atoms with Crippen LogP contribution in [0.4, 0.5) is 5.82 Å². The maximum atomic E-state index is 12.9. The summed E-state index contributed by atoms with van der Waals surface area (Å²) in [5.74, 6) is 0.919. The van der Waals surface area contributed by atoms with Crippen LogP contribution >= 0.6 is 0 Å². The highest BCUT2D eigenvalue weighted by molar-refractivity contribution is 5.94. The molecule has 2 aromatic rings. The predicted octanol–water partition coefficient (Wildman–Crippen LogP) is 1.31. The van der Waals surface area contributed by atoms with Gasteiger partial charge in [0, 0.05) is 43.3 Å². The topological polar surface area (TPSA) is 72.5 Å². The maximum absolute atomic E-state index is 12.9. The smallest absolute Gasteiger partial charge is 0.255 e. The van der Waals surface area contributed by atoms with E-state index in [0.29, 0.717) is 31.6 Å². The lowest BCUT2D eigenvalue weighted by molar-refractivity contribution is 0.0733. The average Bonchev–Trinajstić information content (AvgIpc) is 3.09. The number of nitrogens with one attached hydrogen (secondary N) is 1. The molecule has 23 heavy (non-hydrogen) atoms. The number of anilines is 1. The zero-order valence-electron chi connectivity index (χ0n) is 13.1. The molecule has 6 heteroatoms. The molecule has 6 nitrogen and oxygen atoms in total. The van der Waals surface area contributed by atoms with E-state index in [-0.39, 0.29) is 18.1 Å². The number of aromatic amines is 1. The molecule has 2 aliphatic heterocycles. The fraction of sp³-hybridized carbons (Fsp3) is 0.412. The number of amides is 1. The van der Waals surface area contributed by atoms with Crippen molar-refractivity contribution in [2.45, 2.75) is 32.0 Å². The van der Waals surface area contributed by atoms with E-state index in [1.807, 2.05) is 30.0 Å². The Labute approximate surface area is 134 Å².